The molecule has 0 saturated carbocycles. The van der Waals surface area contributed by atoms with E-state index < -0.39 is 54.2 Å². The van der Waals surface area contributed by atoms with Crippen molar-refractivity contribution in [1.29, 1.82) is 0 Å². The first-order chi connectivity index (χ1) is 29.3. The summed E-state index contributed by atoms with van der Waals surface area (Å²) in [4.78, 5) is 87.1. The molecule has 344 valence electrons. The highest BCUT2D eigenvalue weighted by atomic mass is 16.5. The van der Waals surface area contributed by atoms with E-state index in [1.165, 1.54) is 14.0 Å². The third-order valence-corrected chi connectivity index (χ3v) is 12.3. The van der Waals surface area contributed by atoms with Crippen LogP contribution in [-0.4, -0.2) is 141 Å². The molecule has 4 amide bonds. The Balaban J connectivity index is 1.81. The summed E-state index contributed by atoms with van der Waals surface area (Å²) in [5.41, 5.74) is 0.927. The number of Topliss-reactive ketones (excluding diaryl/α,β-unsaturated/α-hetero) is 2. The Morgan fingerprint density at radius 2 is 1.44 bits per heavy atom. The first kappa shape index (κ1) is 51.7. The van der Waals surface area contributed by atoms with Crippen LogP contribution in [0.15, 0.2) is 54.6 Å². The molecule has 0 aromatic heterocycles. The molecule has 62 heavy (non-hydrogen) atoms. The van der Waals surface area contributed by atoms with E-state index in [1.54, 1.807) is 85.5 Å². The molecule has 0 spiro atoms. The number of ketones is 2. The molecule has 0 unspecified atom stereocenters. The van der Waals surface area contributed by atoms with E-state index in [4.69, 9.17) is 14.2 Å². The third kappa shape index (κ3) is 13.4. The van der Waals surface area contributed by atoms with Crippen LogP contribution < -0.4 is 15.4 Å². The lowest BCUT2D eigenvalue weighted by Crippen LogP contribution is -2.59. The molecule has 0 bridgehead atoms. The third-order valence-electron chi connectivity index (χ3n) is 12.3. The number of likely N-dealkylation sites (tertiary alicyclic amines) is 1. The zero-order valence-corrected chi connectivity index (χ0v) is 39.3. The Labute approximate surface area is 369 Å². The lowest BCUT2D eigenvalue weighted by atomic mass is 9.89. The van der Waals surface area contributed by atoms with E-state index in [9.17, 15) is 28.8 Å². The molecule has 3 rings (SSSR count). The predicted octanol–water partition coefficient (Wildman–Crippen LogP) is 5.28. The van der Waals surface area contributed by atoms with Gasteiger partial charge >= 0.3 is 0 Å². The quantitative estimate of drug-likeness (QED) is 0.133. The number of nitrogens with one attached hydrogen (secondary N) is 2. The maximum Gasteiger partial charge on any atom is 0.245 e. The number of likely N-dealkylation sites (N-methyl/N-ethyl adjacent to an activating group) is 2. The zero-order valence-electron chi connectivity index (χ0n) is 39.3. The van der Waals surface area contributed by atoms with Crippen molar-refractivity contribution in [3.63, 3.8) is 0 Å². The Morgan fingerprint density at radius 3 is 1.95 bits per heavy atom. The molecule has 0 radical (unpaired) electrons. The number of methoxy groups -OCH3 is 2. The maximum absolute atomic E-state index is 14.4. The van der Waals surface area contributed by atoms with E-state index in [2.05, 4.69) is 10.6 Å². The number of ether oxygens (including phenoxy) is 3. The fourth-order valence-electron chi connectivity index (χ4n) is 8.67. The topological polar surface area (TPSA) is 164 Å². The second kappa shape index (κ2) is 24.3. The van der Waals surface area contributed by atoms with Crippen LogP contribution in [0.1, 0.15) is 102 Å². The van der Waals surface area contributed by atoms with E-state index >= 15 is 0 Å². The fourth-order valence-corrected chi connectivity index (χ4v) is 8.67. The van der Waals surface area contributed by atoms with Gasteiger partial charge in [0, 0.05) is 38.9 Å². The predicted molar refractivity (Wildman–Crippen MR) is 240 cm³/mol. The molecular weight excluding hydrogens is 791 g/mol. The van der Waals surface area contributed by atoms with Crippen LogP contribution in [0.3, 0.4) is 0 Å². The van der Waals surface area contributed by atoms with Crippen molar-refractivity contribution in [3.05, 3.63) is 65.7 Å². The summed E-state index contributed by atoms with van der Waals surface area (Å²) in [6.07, 6.45) is 0.590. The van der Waals surface area contributed by atoms with Crippen molar-refractivity contribution < 1.29 is 43.0 Å². The summed E-state index contributed by atoms with van der Waals surface area (Å²) in [6, 6.07) is 12.0. The van der Waals surface area contributed by atoms with Crippen LogP contribution in [0.5, 0.6) is 5.75 Å². The van der Waals surface area contributed by atoms with Gasteiger partial charge in [-0.3, -0.25) is 33.7 Å². The van der Waals surface area contributed by atoms with Crippen molar-refractivity contribution in [3.8, 4) is 5.75 Å². The average molecular weight is 864 g/mol. The monoisotopic (exact) mass is 864 g/mol. The van der Waals surface area contributed by atoms with Crippen molar-refractivity contribution >= 4 is 35.2 Å². The molecule has 0 aliphatic carbocycles. The molecular formula is C48H73N5O9. The van der Waals surface area contributed by atoms with E-state index in [0.29, 0.717) is 42.7 Å². The van der Waals surface area contributed by atoms with Crippen LogP contribution in [0.4, 0.5) is 0 Å². The fraction of sp³-hybridized carbons (Fsp3) is 0.625. The number of hydrogen-bond donors (Lipinski definition) is 2. The van der Waals surface area contributed by atoms with Crippen molar-refractivity contribution in [2.75, 3.05) is 48.5 Å². The highest BCUT2D eigenvalue weighted by Gasteiger charge is 2.43. The van der Waals surface area contributed by atoms with Gasteiger partial charge in [0.15, 0.2) is 11.6 Å². The van der Waals surface area contributed by atoms with Gasteiger partial charge in [0.25, 0.3) is 0 Å². The summed E-state index contributed by atoms with van der Waals surface area (Å²) in [7, 11) is 8.47. The minimum absolute atomic E-state index is 0.0240. The molecule has 9 atom stereocenters. The molecule has 14 nitrogen and oxygen atoms in total. The standard InChI is InChI=1S/C48H73N5O9/c1-14-31(6)43(52(11)48(59)41(29(2)3)50-47(58)42(30(4)5)51(9)10)39(60-12)27-40(55)53-26-18-21-38(53)45(61-13)32(7)46(57)49-37(44(56)35-19-16-15-17-20-35)28-62-36-24-22-34(23-25-36)33(8)54/h15-17,19-20,22-25,29-32,37-39,41-43,45H,14,18,21,26-28H2,1-13H3,(H,49,57)(H,50,58)/t31-,32+,37+,38-,39+,41-,42-,43-,45+/m0/s1. The van der Waals surface area contributed by atoms with Crippen LogP contribution in [0.2, 0.25) is 0 Å². The average Bonchev–Trinajstić information content (AvgIpc) is 3.73. The molecule has 14 heteroatoms. The molecule has 1 aliphatic rings. The molecule has 1 heterocycles. The van der Waals surface area contributed by atoms with Gasteiger partial charge in [-0.25, -0.2) is 0 Å². The van der Waals surface area contributed by atoms with Gasteiger partial charge in [-0.2, -0.15) is 0 Å². The summed E-state index contributed by atoms with van der Waals surface area (Å²) in [5, 5.41) is 5.94. The lowest BCUT2D eigenvalue weighted by Gasteiger charge is -2.41. The number of rotatable bonds is 24. The van der Waals surface area contributed by atoms with Gasteiger partial charge in [0.2, 0.25) is 23.6 Å². The van der Waals surface area contributed by atoms with Gasteiger partial charge in [-0.05, 0) is 75.9 Å². The maximum atomic E-state index is 14.4. The number of carbonyl (C=O) groups excluding carboxylic acids is 6. The molecule has 2 aromatic carbocycles. The van der Waals surface area contributed by atoms with Gasteiger partial charge in [-0.15, -0.1) is 0 Å². The minimum atomic E-state index is -1.05. The van der Waals surface area contributed by atoms with Gasteiger partial charge in [0.1, 0.15) is 24.4 Å². The van der Waals surface area contributed by atoms with Crippen LogP contribution in [0, 0.1) is 23.7 Å². The Hall–Kier alpha value is -4.66. The first-order valence-corrected chi connectivity index (χ1v) is 22.0. The molecule has 1 aliphatic heterocycles. The van der Waals surface area contributed by atoms with Crippen molar-refractivity contribution in [1.82, 2.24) is 25.3 Å². The van der Waals surface area contributed by atoms with E-state index in [-0.39, 0.29) is 60.1 Å². The highest BCUT2D eigenvalue weighted by molar-refractivity contribution is 6.02. The summed E-state index contributed by atoms with van der Waals surface area (Å²) in [5.74, 6) is -2.11. The van der Waals surface area contributed by atoms with Crippen LogP contribution in [0.25, 0.3) is 0 Å². The summed E-state index contributed by atoms with van der Waals surface area (Å²) >= 11 is 0. The minimum Gasteiger partial charge on any atom is -0.491 e. The lowest BCUT2D eigenvalue weighted by molar-refractivity contribution is -0.148. The normalized spacial score (nSPS) is 18.0. The Kier molecular flexibility index (Phi) is 20.2. The molecule has 2 aromatic rings. The number of carbonyl (C=O) groups is 6. The van der Waals surface area contributed by atoms with Crippen LogP contribution >= 0.6 is 0 Å². The summed E-state index contributed by atoms with van der Waals surface area (Å²) in [6.45, 7) is 15.3. The smallest absolute Gasteiger partial charge is 0.245 e. The largest absolute Gasteiger partial charge is 0.491 e. The molecule has 2 N–H and O–H groups in total. The molecule has 1 saturated heterocycles. The Bertz CT molecular complexity index is 1780. The number of benzene rings is 2. The second-order valence-electron chi connectivity index (χ2n) is 17.7. The first-order valence-electron chi connectivity index (χ1n) is 22.0. The van der Waals surface area contributed by atoms with E-state index in [1.807, 2.05) is 60.5 Å². The van der Waals surface area contributed by atoms with Crippen molar-refractivity contribution in [2.45, 2.75) is 123 Å². The summed E-state index contributed by atoms with van der Waals surface area (Å²) < 4.78 is 18.0. The zero-order chi connectivity index (χ0) is 46.4. The number of hydrogen-bond acceptors (Lipinski definition) is 10. The number of nitrogens with zero attached hydrogens (tertiary/aromatic N) is 3. The van der Waals surface area contributed by atoms with Gasteiger partial charge < -0.3 is 34.6 Å². The van der Waals surface area contributed by atoms with E-state index in [0.717, 1.165) is 0 Å². The van der Waals surface area contributed by atoms with Gasteiger partial charge in [0.05, 0.1) is 42.7 Å². The Morgan fingerprint density at radius 1 is 0.806 bits per heavy atom. The van der Waals surface area contributed by atoms with Gasteiger partial charge in [-0.1, -0.05) is 85.2 Å². The van der Waals surface area contributed by atoms with Crippen molar-refractivity contribution in [2.24, 2.45) is 23.7 Å². The molecule has 1 fully saturated rings. The van der Waals surface area contributed by atoms with Crippen LogP contribution in [-0.2, 0) is 28.7 Å². The SMILES string of the molecule is CC[C@H](C)[C@@H]([C@@H](CC(=O)N1CCC[C@H]1[C@H](OC)[C@@H](C)C(=O)N[C@H](COc1ccc(C(C)=O)cc1)C(=O)c1ccccc1)OC)N(C)C(=O)[C@@H](NC(=O)[C@H](C(C)C)N(C)C)C(C)C. The number of amides is 4. The highest BCUT2D eigenvalue weighted by Crippen LogP contribution is 2.30. The second-order valence-corrected chi connectivity index (χ2v) is 17.7.